The topological polar surface area (TPSA) is 36.7 Å². The molecule has 0 spiro atoms. The highest BCUT2D eigenvalue weighted by Gasteiger charge is 2.06. The highest BCUT2D eigenvalue weighted by atomic mass is 32.2. The zero-order valence-electron chi connectivity index (χ0n) is 8.84. The van der Waals surface area contributed by atoms with Gasteiger partial charge in [0.25, 0.3) is 0 Å². The van der Waals surface area contributed by atoms with Crippen molar-refractivity contribution in [1.82, 2.24) is 4.98 Å². The summed E-state index contributed by atoms with van der Waals surface area (Å²) in [6, 6.07) is 11.9. The summed E-state index contributed by atoms with van der Waals surface area (Å²) in [6.07, 6.45) is 3.51. The zero-order valence-corrected chi connectivity index (χ0v) is 9.66. The van der Waals surface area contributed by atoms with Crippen molar-refractivity contribution in [2.45, 2.75) is 16.7 Å². The van der Waals surface area contributed by atoms with Gasteiger partial charge in [-0.1, -0.05) is 23.9 Å². The van der Waals surface area contributed by atoms with Gasteiger partial charge in [0.15, 0.2) is 0 Å². The van der Waals surface area contributed by atoms with E-state index >= 15 is 0 Å². The summed E-state index contributed by atoms with van der Waals surface area (Å²) in [5, 5.41) is 9.05. The quantitative estimate of drug-likeness (QED) is 0.787. The van der Waals surface area contributed by atoms with Crippen molar-refractivity contribution in [3.63, 3.8) is 0 Å². The van der Waals surface area contributed by atoms with Crippen molar-refractivity contribution in [3.05, 3.63) is 53.9 Å². The molecule has 0 amide bonds. The summed E-state index contributed by atoms with van der Waals surface area (Å²) >= 11 is 1.60. The van der Waals surface area contributed by atoms with E-state index in [0.717, 1.165) is 20.9 Å². The highest BCUT2D eigenvalue weighted by Crippen LogP contribution is 2.32. The summed E-state index contributed by atoms with van der Waals surface area (Å²) < 4.78 is 0. The first-order valence-electron chi connectivity index (χ1n) is 4.89. The van der Waals surface area contributed by atoms with E-state index in [1.165, 1.54) is 0 Å². The van der Waals surface area contributed by atoms with Gasteiger partial charge >= 0.3 is 0 Å². The van der Waals surface area contributed by atoms with Crippen LogP contribution in [-0.4, -0.2) is 4.98 Å². The SMILES string of the molecule is Cc1cccc(C#N)c1Sc1ccncc1. The predicted octanol–water partition coefficient (Wildman–Crippen LogP) is 3.41. The van der Waals surface area contributed by atoms with Crippen LogP contribution in [-0.2, 0) is 0 Å². The molecule has 1 aromatic heterocycles. The van der Waals surface area contributed by atoms with Gasteiger partial charge in [-0.25, -0.2) is 0 Å². The average Bonchev–Trinajstić information content (AvgIpc) is 2.33. The maximum Gasteiger partial charge on any atom is 0.100 e. The number of nitrogens with zero attached hydrogens (tertiary/aromatic N) is 2. The number of nitriles is 1. The standard InChI is InChI=1S/C13H10N2S/c1-10-3-2-4-11(9-14)13(10)16-12-5-7-15-8-6-12/h2-8H,1H3. The second-order valence-electron chi connectivity index (χ2n) is 3.35. The number of hydrogen-bond donors (Lipinski definition) is 0. The summed E-state index contributed by atoms with van der Waals surface area (Å²) in [6.45, 7) is 2.02. The molecule has 0 aliphatic heterocycles. The maximum absolute atomic E-state index is 9.05. The lowest BCUT2D eigenvalue weighted by Gasteiger charge is -2.06. The van der Waals surface area contributed by atoms with Crippen LogP contribution in [0.5, 0.6) is 0 Å². The minimum Gasteiger partial charge on any atom is -0.265 e. The Morgan fingerprint density at radius 2 is 1.94 bits per heavy atom. The molecule has 0 fully saturated rings. The Bertz CT molecular complexity index is 529. The fraction of sp³-hybridized carbons (Fsp3) is 0.0769. The van der Waals surface area contributed by atoms with Crippen molar-refractivity contribution in [2.75, 3.05) is 0 Å². The van der Waals surface area contributed by atoms with Gasteiger partial charge in [0.1, 0.15) is 6.07 Å². The molecule has 0 saturated heterocycles. The van der Waals surface area contributed by atoms with E-state index in [0.29, 0.717) is 0 Å². The Morgan fingerprint density at radius 1 is 1.19 bits per heavy atom. The van der Waals surface area contributed by atoms with E-state index in [1.807, 2.05) is 37.3 Å². The molecular formula is C13H10N2S. The second-order valence-corrected chi connectivity index (χ2v) is 4.43. The normalized spacial score (nSPS) is 9.75. The van der Waals surface area contributed by atoms with Crippen molar-refractivity contribution >= 4 is 11.8 Å². The number of rotatable bonds is 2. The van der Waals surface area contributed by atoms with Crippen LogP contribution in [0.1, 0.15) is 11.1 Å². The highest BCUT2D eigenvalue weighted by molar-refractivity contribution is 7.99. The molecule has 3 heteroatoms. The van der Waals surface area contributed by atoms with E-state index < -0.39 is 0 Å². The van der Waals surface area contributed by atoms with Crippen LogP contribution in [0.15, 0.2) is 52.5 Å². The molecule has 1 aromatic carbocycles. The number of aryl methyl sites for hydroxylation is 1. The summed E-state index contributed by atoms with van der Waals surface area (Å²) in [5.74, 6) is 0. The first-order valence-corrected chi connectivity index (χ1v) is 5.70. The van der Waals surface area contributed by atoms with Crippen LogP contribution in [0.3, 0.4) is 0 Å². The Labute approximate surface area is 99.0 Å². The first kappa shape index (κ1) is 10.7. The molecule has 2 rings (SSSR count). The lowest BCUT2D eigenvalue weighted by atomic mass is 10.1. The van der Waals surface area contributed by atoms with Crippen molar-refractivity contribution < 1.29 is 0 Å². The molecule has 0 saturated carbocycles. The Kier molecular flexibility index (Phi) is 3.23. The first-order chi connectivity index (χ1) is 7.81. The van der Waals surface area contributed by atoms with E-state index in [1.54, 1.807) is 24.2 Å². The molecule has 0 unspecified atom stereocenters. The molecule has 0 radical (unpaired) electrons. The maximum atomic E-state index is 9.05. The van der Waals surface area contributed by atoms with Crippen LogP contribution >= 0.6 is 11.8 Å². The monoisotopic (exact) mass is 226 g/mol. The van der Waals surface area contributed by atoms with Crippen molar-refractivity contribution in [2.24, 2.45) is 0 Å². The minimum absolute atomic E-state index is 0.724. The molecule has 0 aliphatic rings. The van der Waals surface area contributed by atoms with Gasteiger partial charge in [-0.15, -0.1) is 0 Å². The fourth-order valence-corrected chi connectivity index (χ4v) is 2.35. The Morgan fingerprint density at radius 3 is 2.62 bits per heavy atom. The third-order valence-corrected chi connectivity index (χ3v) is 3.46. The summed E-state index contributed by atoms with van der Waals surface area (Å²) in [4.78, 5) is 6.10. The molecule has 2 aromatic rings. The number of pyridine rings is 1. The van der Waals surface area contributed by atoms with Gasteiger partial charge < -0.3 is 0 Å². The molecule has 0 aliphatic carbocycles. The fourth-order valence-electron chi connectivity index (χ4n) is 1.40. The van der Waals surface area contributed by atoms with Crippen LogP contribution in [0.4, 0.5) is 0 Å². The largest absolute Gasteiger partial charge is 0.265 e. The van der Waals surface area contributed by atoms with Crippen LogP contribution in [0.25, 0.3) is 0 Å². The molecule has 2 nitrogen and oxygen atoms in total. The third-order valence-electron chi connectivity index (χ3n) is 2.20. The molecule has 16 heavy (non-hydrogen) atoms. The second kappa shape index (κ2) is 4.82. The number of hydrogen-bond acceptors (Lipinski definition) is 3. The Hall–Kier alpha value is -1.79. The van der Waals surface area contributed by atoms with Crippen LogP contribution < -0.4 is 0 Å². The number of aromatic nitrogens is 1. The number of benzene rings is 1. The van der Waals surface area contributed by atoms with E-state index in [4.69, 9.17) is 5.26 Å². The lowest BCUT2D eigenvalue weighted by Crippen LogP contribution is -1.85. The summed E-state index contributed by atoms with van der Waals surface area (Å²) in [5.41, 5.74) is 1.85. The van der Waals surface area contributed by atoms with Crippen molar-refractivity contribution in [3.8, 4) is 6.07 Å². The van der Waals surface area contributed by atoms with Gasteiger partial charge in [0.05, 0.1) is 5.56 Å². The zero-order chi connectivity index (χ0) is 11.4. The van der Waals surface area contributed by atoms with Gasteiger partial charge in [-0.3, -0.25) is 4.98 Å². The van der Waals surface area contributed by atoms with Crippen LogP contribution in [0, 0.1) is 18.3 Å². The molecule has 0 atom stereocenters. The lowest BCUT2D eigenvalue weighted by molar-refractivity contribution is 1.23. The molecule has 78 valence electrons. The molecular weight excluding hydrogens is 216 g/mol. The van der Waals surface area contributed by atoms with E-state index in [9.17, 15) is 0 Å². The van der Waals surface area contributed by atoms with Crippen molar-refractivity contribution in [1.29, 1.82) is 5.26 Å². The molecule has 0 N–H and O–H groups in total. The summed E-state index contributed by atoms with van der Waals surface area (Å²) in [7, 11) is 0. The van der Waals surface area contributed by atoms with Gasteiger partial charge in [-0.05, 0) is 30.7 Å². The smallest absolute Gasteiger partial charge is 0.100 e. The predicted molar refractivity (Wildman–Crippen MR) is 64.3 cm³/mol. The third kappa shape index (κ3) is 2.23. The Balaban J connectivity index is 2.39. The van der Waals surface area contributed by atoms with E-state index in [-0.39, 0.29) is 0 Å². The van der Waals surface area contributed by atoms with Gasteiger partial charge in [-0.2, -0.15) is 5.26 Å². The molecule has 0 bridgehead atoms. The van der Waals surface area contributed by atoms with Gasteiger partial charge in [0.2, 0.25) is 0 Å². The van der Waals surface area contributed by atoms with E-state index in [2.05, 4.69) is 11.1 Å². The van der Waals surface area contributed by atoms with Crippen LogP contribution in [0.2, 0.25) is 0 Å². The van der Waals surface area contributed by atoms with Gasteiger partial charge in [0, 0.05) is 22.2 Å². The molecule has 1 heterocycles. The minimum atomic E-state index is 0.724. The average molecular weight is 226 g/mol.